The number of hydrogen-bond acceptors (Lipinski definition) is 0. The number of aryl methyl sites for hydroxylation is 2. The summed E-state index contributed by atoms with van der Waals surface area (Å²) in [6.45, 7) is 18.8. The molecule has 0 fully saturated rings. The second kappa shape index (κ2) is 23.4. The van der Waals surface area contributed by atoms with Crippen molar-refractivity contribution in [2.24, 2.45) is 11.8 Å². The summed E-state index contributed by atoms with van der Waals surface area (Å²) in [5, 5.41) is 1.52. The van der Waals surface area contributed by atoms with Crippen LogP contribution >= 0.6 is 48.0 Å². The Morgan fingerprint density at radius 1 is 0.783 bits per heavy atom. The Bertz CT molecular complexity index is 1410. The van der Waals surface area contributed by atoms with Crippen LogP contribution in [0.3, 0.4) is 0 Å². The summed E-state index contributed by atoms with van der Waals surface area (Å²) in [5.74, 6) is 1.45. The van der Waals surface area contributed by atoms with E-state index in [0.717, 1.165) is 46.4 Å². The Hall–Kier alpha value is -1.99. The molecular weight excluding hydrogens is 725 g/mol. The van der Waals surface area contributed by atoms with E-state index in [-0.39, 0.29) is 24.8 Å². The van der Waals surface area contributed by atoms with Crippen LogP contribution in [0.2, 0.25) is 10.0 Å². The average molecular weight is 772 g/mol. The third kappa shape index (κ3) is 15.3. The molecule has 0 amide bonds. The van der Waals surface area contributed by atoms with Gasteiger partial charge in [0.25, 0.3) is 0 Å². The molecule has 0 N–H and O–H groups in total. The number of allylic oxidation sites excluding steroid dienone is 4. The van der Waals surface area contributed by atoms with Gasteiger partial charge in [-0.1, -0.05) is 85.9 Å². The van der Waals surface area contributed by atoms with Gasteiger partial charge in [0.05, 0.1) is 0 Å². The number of fused-ring (bicyclic) bond motifs is 3. The minimum atomic E-state index is 0. The Morgan fingerprint density at radius 2 is 1.30 bits per heavy atom. The van der Waals surface area contributed by atoms with Crippen LogP contribution in [-0.2, 0) is 37.1 Å². The van der Waals surface area contributed by atoms with Crippen molar-refractivity contribution in [1.82, 2.24) is 0 Å². The van der Waals surface area contributed by atoms with Crippen molar-refractivity contribution in [3.8, 4) is 11.1 Å². The summed E-state index contributed by atoms with van der Waals surface area (Å²) in [7, 11) is 0. The molecule has 0 saturated carbocycles. The first-order chi connectivity index (χ1) is 21.0. The minimum absolute atomic E-state index is 0. The van der Waals surface area contributed by atoms with E-state index in [0.29, 0.717) is 5.92 Å². The molecule has 0 heterocycles. The molecule has 0 aliphatic heterocycles. The van der Waals surface area contributed by atoms with Crippen molar-refractivity contribution >= 4 is 52.2 Å². The normalized spacial score (nSPS) is 11.6. The van der Waals surface area contributed by atoms with Gasteiger partial charge in [0.2, 0.25) is 0 Å². The zero-order valence-corrected chi connectivity index (χ0v) is 33.2. The molecular formula is C41H46Cl4Zr-4. The first-order valence-corrected chi connectivity index (χ1v) is 17.4. The molecule has 246 valence electrons. The molecule has 0 nitrogen and oxygen atoms in total. The van der Waals surface area contributed by atoms with Gasteiger partial charge in [-0.05, 0) is 55.2 Å². The Kier molecular flexibility index (Phi) is 22.3. The summed E-state index contributed by atoms with van der Waals surface area (Å²) >= 11 is 12.5. The average Bonchev–Trinajstić information content (AvgIpc) is 3.70. The van der Waals surface area contributed by atoms with E-state index in [1.165, 1.54) is 63.2 Å². The monoisotopic (exact) mass is 768 g/mol. The SMILES string of the molecule is Cc1cc2c(cc1C)-c1ccc(CC(C)C(C)C)[c-]c1C2.Cl.Cl.[C-]1=CC=CC1.[CH2-]c1ccc(Cl)cc1.[CH2-]c1ccc(Cl)cc1.[CH2]=[Zr]. The first kappa shape index (κ1) is 44.0. The predicted molar refractivity (Wildman–Crippen MR) is 206 cm³/mol. The fourth-order valence-electron chi connectivity index (χ4n) is 4.45. The van der Waals surface area contributed by atoms with Gasteiger partial charge in [-0.15, -0.1) is 42.4 Å². The summed E-state index contributed by atoms with van der Waals surface area (Å²) in [6.07, 6.45) is 12.2. The second-order valence-electron chi connectivity index (χ2n) is 11.3. The third-order valence-corrected chi connectivity index (χ3v) is 8.06. The molecule has 0 bridgehead atoms. The molecule has 1 atom stereocenters. The van der Waals surface area contributed by atoms with Crippen molar-refractivity contribution in [3.05, 3.63) is 166 Å². The van der Waals surface area contributed by atoms with Crippen LogP contribution in [0.1, 0.15) is 66.1 Å². The fraction of sp³-hybridized carbons (Fsp3) is 0.244. The van der Waals surface area contributed by atoms with Crippen LogP contribution in [0.15, 0.2) is 91.0 Å². The zero-order chi connectivity index (χ0) is 32.6. The molecule has 46 heavy (non-hydrogen) atoms. The first-order valence-electron chi connectivity index (χ1n) is 14.9. The van der Waals surface area contributed by atoms with E-state index < -0.39 is 0 Å². The van der Waals surface area contributed by atoms with Gasteiger partial charge in [0.1, 0.15) is 0 Å². The maximum absolute atomic E-state index is 5.58. The number of hydrogen-bond donors (Lipinski definition) is 0. The van der Waals surface area contributed by atoms with Crippen molar-refractivity contribution in [2.45, 2.75) is 53.9 Å². The summed E-state index contributed by atoms with van der Waals surface area (Å²) < 4.78 is 3.34. The van der Waals surface area contributed by atoms with E-state index in [1.54, 1.807) is 0 Å². The summed E-state index contributed by atoms with van der Waals surface area (Å²) in [4.78, 5) is 0. The molecule has 5 heteroatoms. The van der Waals surface area contributed by atoms with Crippen molar-refractivity contribution < 1.29 is 24.2 Å². The Labute approximate surface area is 316 Å². The van der Waals surface area contributed by atoms with Crippen LogP contribution in [0.5, 0.6) is 0 Å². The molecule has 0 aromatic heterocycles. The van der Waals surface area contributed by atoms with Gasteiger partial charge in [-0.25, -0.2) is 12.2 Å². The van der Waals surface area contributed by atoms with Gasteiger partial charge in [-0.2, -0.15) is 79.1 Å². The summed E-state index contributed by atoms with van der Waals surface area (Å²) in [6, 6.07) is 27.8. The van der Waals surface area contributed by atoms with Crippen LogP contribution in [0.4, 0.5) is 0 Å². The number of benzene rings is 4. The maximum atomic E-state index is 5.58. The topological polar surface area (TPSA) is 0 Å². The standard InChI is InChI=1S/C21H25.2C7H6Cl.C5H5.CH2.2ClH.Zr/c1-13(2)14(3)8-17-6-7-20-19(11-17)12-18-9-15(4)16(5)10-21(18)20;2*1-6-2-4-7(8)5-3-6;1-2-4-5-3-1;;;;/h6-7,9-10,13-14H,8,12H2,1-5H3;2*2-5H,1H2;1-3H,4H2;1H2;2*1H;/q4*-1;;;;. The summed E-state index contributed by atoms with van der Waals surface area (Å²) in [5.41, 5.74) is 11.8. The van der Waals surface area contributed by atoms with Crippen molar-refractivity contribution in [3.63, 3.8) is 0 Å². The molecule has 0 saturated heterocycles. The molecule has 0 spiro atoms. The van der Waals surface area contributed by atoms with Gasteiger partial charge < -0.3 is 0 Å². The van der Waals surface area contributed by atoms with Crippen molar-refractivity contribution in [1.29, 1.82) is 0 Å². The second-order valence-corrected chi connectivity index (χ2v) is 12.2. The molecule has 4 aromatic carbocycles. The van der Waals surface area contributed by atoms with Gasteiger partial charge in [-0.3, -0.25) is 6.08 Å². The number of rotatable bonds is 3. The van der Waals surface area contributed by atoms with Gasteiger partial charge in [0, 0.05) is 10.0 Å². The van der Waals surface area contributed by atoms with Crippen LogP contribution in [0, 0.1) is 51.7 Å². The van der Waals surface area contributed by atoms with E-state index in [2.05, 4.69) is 95.2 Å². The Balaban J connectivity index is 0.000000669. The van der Waals surface area contributed by atoms with E-state index >= 15 is 0 Å². The molecule has 4 aromatic rings. The van der Waals surface area contributed by atoms with E-state index in [1.807, 2.05) is 60.7 Å². The molecule has 0 radical (unpaired) electrons. The van der Waals surface area contributed by atoms with Gasteiger partial charge >= 0.3 is 28.4 Å². The fourth-order valence-corrected chi connectivity index (χ4v) is 4.71. The quantitative estimate of drug-likeness (QED) is 0.160. The van der Waals surface area contributed by atoms with Gasteiger partial charge in [0.15, 0.2) is 0 Å². The third-order valence-electron chi connectivity index (χ3n) is 7.56. The molecule has 2 aliphatic rings. The van der Waals surface area contributed by atoms with E-state index in [9.17, 15) is 0 Å². The number of halogens is 4. The molecule has 1 unspecified atom stereocenters. The molecule has 2 aliphatic carbocycles. The predicted octanol–water partition coefficient (Wildman–Crippen LogP) is 12.7. The molecule has 6 rings (SSSR count). The zero-order valence-electron chi connectivity index (χ0n) is 27.6. The van der Waals surface area contributed by atoms with Crippen LogP contribution in [0.25, 0.3) is 11.1 Å². The van der Waals surface area contributed by atoms with Crippen LogP contribution < -0.4 is 0 Å². The van der Waals surface area contributed by atoms with E-state index in [4.69, 9.17) is 23.2 Å². The van der Waals surface area contributed by atoms with Crippen molar-refractivity contribution in [2.75, 3.05) is 0 Å². The Morgan fingerprint density at radius 3 is 1.72 bits per heavy atom. The van der Waals surface area contributed by atoms with Crippen LogP contribution in [-0.4, -0.2) is 4.21 Å².